The zero-order valence-corrected chi connectivity index (χ0v) is 50.8. The molecule has 0 aliphatic carbocycles. The number of cyclic esters (lactones) is 1. The summed E-state index contributed by atoms with van der Waals surface area (Å²) < 4.78 is 58.7. The summed E-state index contributed by atoms with van der Waals surface area (Å²) in [5.74, 6) is -5.80. The standard InChI is InChI=1S/C60H97N3O17/c1-18-45-60(13,71)52(68)36(7)48(65)34(5)29-58(11,72-16)53(80-57-50(67)44(62(14)15)27-35(6)75-57)37(8)51(38(9)55(69)77-45)79-47-30-59(12,73-17)54(39(10)76-47)78-46(64)24-26-61-25-20-21-40-22-23-43-41(28-40)49(66)42(31-63(43)19-2)56(70)74-32-33(3)4/h22-23,28,31,33-39,44-45,47,50-54,57,61,67-68,71H,18-21,24-27,29-30,32H2,1-17H3/t34-,35+,36-,37+,38+,39-,44-,45-,47+,50-,51+,52+,53-,54+,57-,58+,59-,60+/m0/s1. The molecular weight excluding hydrogens is 1030 g/mol. The van der Waals surface area contributed by atoms with Crippen LogP contribution in [-0.2, 0) is 70.0 Å². The van der Waals surface area contributed by atoms with Gasteiger partial charge in [-0.15, -0.1) is 0 Å². The first-order valence-corrected chi connectivity index (χ1v) is 28.9. The van der Waals surface area contributed by atoms with Crippen molar-refractivity contribution in [2.75, 3.05) is 48.0 Å². The third-order valence-electron chi connectivity index (χ3n) is 17.1. The fourth-order valence-corrected chi connectivity index (χ4v) is 12.1. The monoisotopic (exact) mass is 1130 g/mol. The Morgan fingerprint density at radius 2 is 1.56 bits per heavy atom. The van der Waals surface area contributed by atoms with Gasteiger partial charge < -0.3 is 72.7 Å². The number of aliphatic hydroxyl groups excluding tert-OH is 2. The van der Waals surface area contributed by atoms with Crippen molar-refractivity contribution in [1.29, 1.82) is 0 Å². The molecule has 3 aliphatic rings. The summed E-state index contributed by atoms with van der Waals surface area (Å²) in [5.41, 5.74) is -3.19. The first kappa shape index (κ1) is 66.9. The van der Waals surface area contributed by atoms with Crippen LogP contribution in [0.2, 0.25) is 0 Å². The first-order valence-electron chi connectivity index (χ1n) is 28.9. The number of nitrogens with zero attached hydrogens (tertiary/aromatic N) is 2. The van der Waals surface area contributed by atoms with Gasteiger partial charge in [0.05, 0.1) is 60.6 Å². The fraction of sp³-hybridized carbons (Fsp3) is 0.783. The number of carbonyl (C=O) groups is 4. The minimum absolute atomic E-state index is 0.0106. The number of likely N-dealkylation sites (N-methyl/N-ethyl adjacent to an activating group) is 1. The lowest BCUT2D eigenvalue weighted by atomic mass is 9.74. The molecule has 3 saturated heterocycles. The van der Waals surface area contributed by atoms with Crippen molar-refractivity contribution in [2.24, 2.45) is 29.6 Å². The molecule has 1 aromatic heterocycles. The molecule has 4 N–H and O–H groups in total. The molecule has 0 radical (unpaired) electrons. The van der Waals surface area contributed by atoms with Crippen LogP contribution >= 0.6 is 0 Å². The average molecular weight is 1130 g/mol. The molecule has 1 aromatic carbocycles. The highest BCUT2D eigenvalue weighted by Crippen LogP contribution is 2.42. The van der Waals surface area contributed by atoms with Crippen LogP contribution < -0.4 is 10.7 Å². The summed E-state index contributed by atoms with van der Waals surface area (Å²) in [6.07, 6.45) is -6.58. The number of rotatable bonds is 20. The predicted molar refractivity (Wildman–Crippen MR) is 300 cm³/mol. The normalized spacial score (nSPS) is 36.0. The van der Waals surface area contributed by atoms with Gasteiger partial charge in [-0.1, -0.05) is 47.6 Å². The Labute approximate surface area is 474 Å². The predicted octanol–water partition coefficient (Wildman–Crippen LogP) is 5.75. The average Bonchev–Trinajstić information content (AvgIpc) is 3.47. The molecule has 0 saturated carbocycles. The van der Waals surface area contributed by atoms with E-state index in [-0.39, 0.29) is 67.1 Å². The van der Waals surface area contributed by atoms with Gasteiger partial charge in [-0.25, -0.2) is 4.79 Å². The van der Waals surface area contributed by atoms with Crippen molar-refractivity contribution in [1.82, 2.24) is 14.8 Å². The van der Waals surface area contributed by atoms with Gasteiger partial charge in [0.1, 0.15) is 34.8 Å². The molecule has 3 fully saturated rings. The van der Waals surface area contributed by atoms with Gasteiger partial charge in [-0.05, 0) is 125 Å². The number of methoxy groups -OCH3 is 2. The van der Waals surface area contributed by atoms with Crippen molar-refractivity contribution < 1.29 is 77.1 Å². The molecule has 0 spiro atoms. The molecular formula is C60H97N3O17. The Morgan fingerprint density at radius 3 is 2.17 bits per heavy atom. The zero-order valence-electron chi connectivity index (χ0n) is 50.8. The maximum atomic E-state index is 14.6. The number of ketones is 1. The SMILES string of the molecule is CC[C@@H]1OC(=O)[C@H](C)[C@H](O[C@@H]2C[C@](C)(OC)[C@H](OC(=O)CCNCCCc3ccc4c(c3)c(=O)c(C(=O)OCC(C)C)cn4CC)[C@H](C)O2)[C@@H](C)[C@H](O[C@@H]2O[C@H](C)C[C@H](N(C)C)[C@@H]2O)[C@](C)(OC)C[C@H](C)C(=O)[C@H](C)[C@@H](O)[C@]1(C)O. The lowest BCUT2D eigenvalue weighted by Crippen LogP contribution is -2.61. The van der Waals surface area contributed by atoms with E-state index in [0.29, 0.717) is 44.3 Å². The Balaban J connectivity index is 1.33. The molecule has 0 amide bonds. The number of aromatic nitrogens is 1. The molecule has 80 heavy (non-hydrogen) atoms. The van der Waals surface area contributed by atoms with Crippen LogP contribution in [0.15, 0.2) is 29.2 Å². The molecule has 4 heterocycles. The molecule has 0 bridgehead atoms. The quantitative estimate of drug-likeness (QED) is 0.0700. The zero-order chi connectivity index (χ0) is 59.8. The Hall–Kier alpha value is -3.93. The van der Waals surface area contributed by atoms with Gasteiger partial charge in [-0.3, -0.25) is 19.2 Å². The molecule has 3 aliphatic heterocycles. The second kappa shape index (κ2) is 28.6. The van der Waals surface area contributed by atoms with Crippen molar-refractivity contribution in [2.45, 2.75) is 226 Å². The number of ether oxygens (including phenoxy) is 9. The minimum Gasteiger partial charge on any atom is -0.462 e. The lowest BCUT2D eigenvalue weighted by Gasteiger charge is -2.50. The third kappa shape index (κ3) is 15.6. The number of aryl methyl sites for hydroxylation is 2. The number of esters is 3. The van der Waals surface area contributed by atoms with E-state index < -0.39 is 114 Å². The van der Waals surface area contributed by atoms with E-state index in [9.17, 15) is 39.3 Å². The van der Waals surface area contributed by atoms with Crippen LogP contribution in [0.25, 0.3) is 10.9 Å². The van der Waals surface area contributed by atoms with Crippen LogP contribution in [0.4, 0.5) is 0 Å². The minimum atomic E-state index is -2.03. The number of hydrogen-bond acceptors (Lipinski definition) is 19. The lowest BCUT2D eigenvalue weighted by molar-refractivity contribution is -0.320. The van der Waals surface area contributed by atoms with E-state index in [4.69, 9.17) is 42.6 Å². The van der Waals surface area contributed by atoms with Crippen molar-refractivity contribution >= 4 is 34.6 Å². The van der Waals surface area contributed by atoms with Gasteiger partial charge in [0, 0.05) is 69.1 Å². The maximum Gasteiger partial charge on any atom is 0.343 e. The molecule has 18 atom stereocenters. The number of hydrogen-bond donors (Lipinski definition) is 4. The van der Waals surface area contributed by atoms with Gasteiger partial charge in [0.25, 0.3) is 0 Å². The Kier molecular flexibility index (Phi) is 23.9. The van der Waals surface area contributed by atoms with Gasteiger partial charge in [0.15, 0.2) is 18.7 Å². The molecule has 2 aromatic rings. The number of fused-ring (bicyclic) bond motifs is 1. The largest absolute Gasteiger partial charge is 0.462 e. The van der Waals surface area contributed by atoms with Gasteiger partial charge >= 0.3 is 17.9 Å². The van der Waals surface area contributed by atoms with Crippen LogP contribution in [0.1, 0.15) is 144 Å². The highest BCUT2D eigenvalue weighted by molar-refractivity contribution is 5.94. The highest BCUT2D eigenvalue weighted by Gasteiger charge is 2.55. The van der Waals surface area contributed by atoms with E-state index in [0.717, 1.165) is 11.1 Å². The van der Waals surface area contributed by atoms with E-state index >= 15 is 0 Å². The number of carbonyl (C=O) groups excluding carboxylic acids is 4. The Morgan fingerprint density at radius 1 is 0.900 bits per heavy atom. The van der Waals surface area contributed by atoms with Crippen LogP contribution in [0, 0.1) is 29.6 Å². The smallest absolute Gasteiger partial charge is 0.343 e. The topological polar surface area (TPSA) is 249 Å². The molecule has 20 nitrogen and oxygen atoms in total. The van der Waals surface area contributed by atoms with E-state index in [1.165, 1.54) is 21.1 Å². The molecule has 0 unspecified atom stereocenters. The van der Waals surface area contributed by atoms with Gasteiger partial charge in [0.2, 0.25) is 5.43 Å². The van der Waals surface area contributed by atoms with E-state index in [1.807, 2.05) is 76.4 Å². The first-order chi connectivity index (χ1) is 37.5. The van der Waals surface area contributed by atoms with Crippen molar-refractivity contribution in [3.63, 3.8) is 0 Å². The van der Waals surface area contributed by atoms with Crippen LogP contribution in [-0.4, -0.2) is 181 Å². The van der Waals surface area contributed by atoms with Crippen LogP contribution in [0.5, 0.6) is 0 Å². The molecule has 5 rings (SSSR count). The third-order valence-corrected chi connectivity index (χ3v) is 17.1. The second-order valence-electron chi connectivity index (χ2n) is 24.2. The summed E-state index contributed by atoms with van der Waals surface area (Å²) in [6, 6.07) is 5.38. The summed E-state index contributed by atoms with van der Waals surface area (Å²) >= 11 is 0. The van der Waals surface area contributed by atoms with Gasteiger partial charge in [-0.2, -0.15) is 0 Å². The maximum absolute atomic E-state index is 14.6. The number of Topliss-reactive ketones (excluding diaryl/α,β-unsaturated/α-hetero) is 1. The number of benzene rings is 1. The van der Waals surface area contributed by atoms with Crippen LogP contribution in [0.3, 0.4) is 0 Å². The highest BCUT2D eigenvalue weighted by atomic mass is 16.7. The van der Waals surface area contributed by atoms with Crippen molar-refractivity contribution in [3.05, 3.63) is 45.7 Å². The number of aliphatic hydroxyl groups is 3. The molecule has 454 valence electrons. The summed E-state index contributed by atoms with van der Waals surface area (Å²) in [5, 5.41) is 39.1. The second-order valence-corrected chi connectivity index (χ2v) is 24.2. The Bertz CT molecular complexity index is 2450. The van der Waals surface area contributed by atoms with E-state index in [1.54, 1.807) is 54.7 Å². The number of pyridine rings is 1. The number of nitrogens with one attached hydrogen (secondary N) is 1. The summed E-state index contributed by atoms with van der Waals surface area (Å²) in [6.45, 7) is 24.5. The summed E-state index contributed by atoms with van der Waals surface area (Å²) in [4.78, 5) is 70.7. The fourth-order valence-electron chi connectivity index (χ4n) is 12.1. The van der Waals surface area contributed by atoms with E-state index in [2.05, 4.69) is 5.32 Å². The van der Waals surface area contributed by atoms with Crippen molar-refractivity contribution in [3.8, 4) is 0 Å². The molecule has 20 heteroatoms. The summed E-state index contributed by atoms with van der Waals surface area (Å²) in [7, 11) is 6.74.